The quantitative estimate of drug-likeness (QED) is 0.166. The number of aliphatic hydroxyl groups is 1. The molecule has 10 nitrogen and oxygen atoms in total. The summed E-state index contributed by atoms with van der Waals surface area (Å²) in [5.41, 5.74) is 10.1. The van der Waals surface area contributed by atoms with E-state index in [9.17, 15) is 10.4 Å². The largest absolute Gasteiger partial charge is 2.00 e. The van der Waals surface area contributed by atoms with Gasteiger partial charge in [-0.15, -0.1) is 0 Å². The van der Waals surface area contributed by atoms with E-state index in [0.717, 1.165) is 55.1 Å². The van der Waals surface area contributed by atoms with Crippen molar-refractivity contribution in [3.05, 3.63) is 130 Å². The van der Waals surface area contributed by atoms with Crippen LogP contribution in [0.15, 0.2) is 97.1 Å². The molecule has 0 spiro atoms. The molecule has 63 heavy (non-hydrogen) atoms. The van der Waals surface area contributed by atoms with Crippen molar-refractivity contribution in [2.45, 2.75) is 84.7 Å². The van der Waals surface area contributed by atoms with Crippen molar-refractivity contribution < 1.29 is 24.6 Å². The smallest absolute Gasteiger partial charge is 0.384 e. The van der Waals surface area contributed by atoms with Gasteiger partial charge >= 0.3 is 19.5 Å². The molecule has 3 aromatic heterocycles. The number of aliphatic hydroxyl groups excluding tert-OH is 1. The van der Waals surface area contributed by atoms with E-state index < -0.39 is 6.10 Å². The molecule has 0 radical (unpaired) electrons. The summed E-state index contributed by atoms with van der Waals surface area (Å²) in [7, 11) is 0. The summed E-state index contributed by atoms with van der Waals surface area (Å²) in [5, 5.41) is 24.2. The minimum atomic E-state index is -0.965. The van der Waals surface area contributed by atoms with Gasteiger partial charge in [-0.1, -0.05) is 123 Å². The van der Waals surface area contributed by atoms with Gasteiger partial charge in [0.05, 0.1) is 34.9 Å². The Labute approximate surface area is 378 Å². The van der Waals surface area contributed by atoms with Crippen molar-refractivity contribution in [3.63, 3.8) is 0 Å². The molecule has 0 saturated carbocycles. The third-order valence-electron chi connectivity index (χ3n) is 12.0. The van der Waals surface area contributed by atoms with Crippen LogP contribution in [0.3, 0.4) is 0 Å². The van der Waals surface area contributed by atoms with Gasteiger partial charge in [0.1, 0.15) is 6.10 Å². The average molecular weight is 877 g/mol. The molecule has 2 aliphatic heterocycles. The maximum atomic E-state index is 11.6. The van der Waals surface area contributed by atoms with Gasteiger partial charge in [-0.25, -0.2) is 9.97 Å². The molecule has 0 aliphatic carbocycles. The fraction of sp³-hybridized carbons (Fsp3) is 0.250. The Morgan fingerprint density at radius 3 is 1.29 bits per heavy atom. The zero-order valence-electron chi connectivity index (χ0n) is 37.0. The van der Waals surface area contributed by atoms with Crippen molar-refractivity contribution in [2.75, 3.05) is 0 Å². The van der Waals surface area contributed by atoms with E-state index in [1.165, 1.54) is 0 Å². The molecule has 10 rings (SSSR count). The summed E-state index contributed by atoms with van der Waals surface area (Å²) in [5.74, 6) is 1.94. The molecule has 2 aliphatic rings. The Hall–Kier alpha value is -6.47. The van der Waals surface area contributed by atoms with Crippen molar-refractivity contribution in [1.82, 2.24) is 39.9 Å². The fourth-order valence-corrected chi connectivity index (χ4v) is 8.18. The first-order valence-electron chi connectivity index (χ1n) is 20.9. The zero-order valence-corrected chi connectivity index (χ0v) is 40.0. The maximum Gasteiger partial charge on any atom is 2.00 e. The van der Waals surface area contributed by atoms with Crippen LogP contribution in [0.4, 0.5) is 0 Å². The van der Waals surface area contributed by atoms with Gasteiger partial charge in [0.2, 0.25) is 0 Å². The Balaban J connectivity index is 0.00000504. The topological polar surface area (TPSA) is 150 Å². The minimum absolute atomic E-state index is 0. The van der Waals surface area contributed by atoms with Gasteiger partial charge < -0.3 is 35.0 Å². The molecule has 5 heterocycles. The van der Waals surface area contributed by atoms with E-state index >= 15 is 0 Å². The van der Waals surface area contributed by atoms with Crippen molar-refractivity contribution in [2.24, 2.45) is 0 Å². The maximum absolute atomic E-state index is 11.6. The van der Waals surface area contributed by atoms with Crippen molar-refractivity contribution >= 4 is 44.1 Å². The molecule has 8 bridgehead atoms. The molecule has 11 heteroatoms. The molecule has 0 fully saturated rings. The van der Waals surface area contributed by atoms with Crippen LogP contribution in [0.2, 0.25) is 0 Å². The first-order chi connectivity index (χ1) is 29.4. The monoisotopic (exact) mass is 875 g/mol. The summed E-state index contributed by atoms with van der Waals surface area (Å²) in [6.07, 6.45) is -0.965. The third-order valence-corrected chi connectivity index (χ3v) is 12.0. The Bertz CT molecular complexity index is 3370. The summed E-state index contributed by atoms with van der Waals surface area (Å²) >= 11 is 0. The Kier molecular flexibility index (Phi) is 9.85. The molecular formula is C52H45N9OZn. The SMILES string of the molecule is CC(C)(C)c1ccc2c(c1)-c1nc-2nc2[n-]c(nc3nc(nc4[n-]c(n1)c1ccc(C(O)c5ccc(C#N)cc5)cc41)-c1ccc(C(C)(C)C)cc1-3)c1ccc(C(C)(C)C)cc21.[Zn+2]. The number of aromatic nitrogens is 8. The van der Waals surface area contributed by atoms with Gasteiger partial charge in [-0.3, -0.25) is 0 Å². The van der Waals surface area contributed by atoms with Crippen molar-refractivity contribution in [1.29, 1.82) is 5.26 Å². The number of fused-ring (bicyclic) bond motifs is 20. The number of nitrogens with zero attached hydrogens (tertiary/aromatic N) is 9. The second-order valence-electron chi connectivity index (χ2n) is 19.5. The van der Waals surface area contributed by atoms with Gasteiger partial charge in [-0.2, -0.15) is 5.26 Å². The second-order valence-corrected chi connectivity index (χ2v) is 19.5. The van der Waals surface area contributed by atoms with Crippen LogP contribution in [-0.4, -0.2) is 35.0 Å². The summed E-state index contributed by atoms with van der Waals surface area (Å²) in [6, 6.07) is 33.9. The van der Waals surface area contributed by atoms with E-state index in [0.29, 0.717) is 68.0 Å². The Morgan fingerprint density at radius 2 is 0.825 bits per heavy atom. The third kappa shape index (κ3) is 7.31. The van der Waals surface area contributed by atoms with Crippen LogP contribution in [0, 0.1) is 11.3 Å². The van der Waals surface area contributed by atoms with E-state index in [4.69, 9.17) is 39.9 Å². The first-order valence-corrected chi connectivity index (χ1v) is 20.9. The molecule has 0 saturated heterocycles. The average Bonchev–Trinajstić information content (AvgIpc) is 3.97. The van der Waals surface area contributed by atoms with Gasteiger partial charge in [0.15, 0.2) is 0 Å². The fourth-order valence-electron chi connectivity index (χ4n) is 8.18. The predicted molar refractivity (Wildman–Crippen MR) is 245 cm³/mol. The van der Waals surface area contributed by atoms with Crippen LogP contribution in [0.5, 0.6) is 0 Å². The first kappa shape index (κ1) is 41.9. The van der Waals surface area contributed by atoms with Crippen LogP contribution in [-0.2, 0) is 35.7 Å². The zero-order chi connectivity index (χ0) is 43.5. The molecule has 5 aromatic carbocycles. The molecule has 1 unspecified atom stereocenters. The van der Waals surface area contributed by atoms with Crippen LogP contribution in [0.25, 0.3) is 89.7 Å². The molecule has 0 amide bonds. The standard InChI is InChI=1S/C52H45N9O.Zn/c1-50(2,3)30-15-19-34-38(23-30)48-57-43(34)55-46-37-22-29(41(62)28-12-10-27(26-53)11-13-28)14-18-33(37)42(54-46)56-47-39-24-31(51(4,5)6)16-20-35(39)44(58-47)60-49-40-25-32(52(7,8)9)17-21-36(40)45(59-48)61-49;/h10-25,41,62H,1-9H3;/q-2;+2. The number of rotatable bonds is 2. The second kappa shape index (κ2) is 14.8. The molecular weight excluding hydrogens is 832 g/mol. The van der Waals surface area contributed by atoms with Gasteiger partial charge in [0, 0.05) is 44.8 Å². The summed E-state index contributed by atoms with van der Waals surface area (Å²) in [4.78, 5) is 41.4. The van der Waals surface area contributed by atoms with E-state index in [-0.39, 0.29) is 35.7 Å². The number of hydrogen-bond donors (Lipinski definition) is 1. The van der Waals surface area contributed by atoms with Crippen LogP contribution >= 0.6 is 0 Å². The number of benzene rings is 5. The Morgan fingerprint density at radius 1 is 0.444 bits per heavy atom. The predicted octanol–water partition coefficient (Wildman–Crippen LogP) is 11.0. The van der Waals surface area contributed by atoms with E-state index in [1.54, 1.807) is 24.3 Å². The molecule has 1 N–H and O–H groups in total. The number of nitriles is 1. The van der Waals surface area contributed by atoms with Gasteiger partial charge in [-0.05, 0) is 102 Å². The number of hydrogen-bond acceptors (Lipinski definition) is 8. The van der Waals surface area contributed by atoms with Gasteiger partial charge in [0.25, 0.3) is 0 Å². The van der Waals surface area contributed by atoms with E-state index in [2.05, 4.69) is 123 Å². The van der Waals surface area contributed by atoms with Crippen LogP contribution in [0.1, 0.15) is 102 Å². The van der Waals surface area contributed by atoms with Crippen molar-refractivity contribution in [3.8, 4) is 51.6 Å². The minimum Gasteiger partial charge on any atom is -0.384 e. The molecule has 1 atom stereocenters. The summed E-state index contributed by atoms with van der Waals surface area (Å²) in [6.45, 7) is 19.7. The summed E-state index contributed by atoms with van der Waals surface area (Å²) < 4.78 is 0. The normalized spacial score (nSPS) is 13.0. The van der Waals surface area contributed by atoms with E-state index in [1.807, 2.05) is 18.2 Å². The molecule has 8 aromatic rings. The van der Waals surface area contributed by atoms with Crippen LogP contribution < -0.4 is 9.97 Å². The molecule has 306 valence electrons.